The molecule has 1 aromatic rings. The van der Waals surface area contributed by atoms with Gasteiger partial charge in [-0.05, 0) is 26.7 Å². The second-order valence-corrected chi connectivity index (χ2v) is 5.40. The summed E-state index contributed by atoms with van der Waals surface area (Å²) in [5, 5.41) is 3.31. The van der Waals surface area contributed by atoms with Crippen LogP contribution in [-0.2, 0) is 4.74 Å². The highest BCUT2D eigenvalue weighted by molar-refractivity contribution is 5.50. The summed E-state index contributed by atoms with van der Waals surface area (Å²) in [6, 6.07) is 2.06. The first-order chi connectivity index (χ1) is 9.26. The number of anilines is 2. The van der Waals surface area contributed by atoms with Crippen LogP contribution < -0.4 is 10.2 Å². The molecule has 5 heteroatoms. The zero-order valence-electron chi connectivity index (χ0n) is 11.7. The third-order valence-corrected chi connectivity index (χ3v) is 3.60. The molecule has 1 aromatic heterocycles. The van der Waals surface area contributed by atoms with Gasteiger partial charge in [0, 0.05) is 31.6 Å². The Labute approximate surface area is 114 Å². The maximum atomic E-state index is 5.60. The normalized spacial score (nSPS) is 23.5. The number of nitrogens with zero attached hydrogens (tertiary/aromatic N) is 3. The molecule has 5 nitrogen and oxygen atoms in total. The number of aromatic nitrogens is 2. The lowest BCUT2D eigenvalue weighted by Crippen LogP contribution is -2.41. The number of hydrogen-bond acceptors (Lipinski definition) is 5. The van der Waals surface area contributed by atoms with E-state index < -0.39 is 0 Å². The van der Waals surface area contributed by atoms with E-state index >= 15 is 0 Å². The Morgan fingerprint density at radius 2 is 2.26 bits per heavy atom. The third-order valence-electron chi connectivity index (χ3n) is 3.60. The molecule has 2 heterocycles. The molecule has 1 unspecified atom stereocenters. The zero-order chi connectivity index (χ0) is 13.2. The fourth-order valence-electron chi connectivity index (χ4n) is 2.44. The summed E-state index contributed by atoms with van der Waals surface area (Å²) >= 11 is 0. The molecule has 1 N–H and O–H groups in total. The molecule has 2 fully saturated rings. The molecule has 1 saturated carbocycles. The maximum absolute atomic E-state index is 5.60. The molecule has 0 spiro atoms. The topological polar surface area (TPSA) is 50.3 Å². The minimum atomic E-state index is 0.274. The average molecular weight is 262 g/mol. The SMILES string of the molecule is CCNc1cc(N2CCOC(C)C2)nc(C2CC2)n1. The van der Waals surface area contributed by atoms with Crippen molar-refractivity contribution < 1.29 is 4.74 Å². The van der Waals surface area contributed by atoms with E-state index in [0.29, 0.717) is 5.92 Å². The summed E-state index contributed by atoms with van der Waals surface area (Å²) in [5.41, 5.74) is 0. The summed E-state index contributed by atoms with van der Waals surface area (Å²) in [7, 11) is 0. The summed E-state index contributed by atoms with van der Waals surface area (Å²) in [6.07, 6.45) is 2.74. The van der Waals surface area contributed by atoms with Crippen molar-refractivity contribution in [2.24, 2.45) is 0 Å². The van der Waals surface area contributed by atoms with Gasteiger partial charge in [-0.2, -0.15) is 0 Å². The largest absolute Gasteiger partial charge is 0.375 e. The Hall–Kier alpha value is -1.36. The van der Waals surface area contributed by atoms with Gasteiger partial charge in [0.05, 0.1) is 12.7 Å². The standard InChI is InChI=1S/C14H22N4O/c1-3-15-12-8-13(17-14(16-12)11-4-5-11)18-6-7-19-10(2)9-18/h8,10-11H,3-7,9H2,1-2H3,(H,15,16,17). The Morgan fingerprint density at radius 1 is 1.42 bits per heavy atom. The van der Waals surface area contributed by atoms with Crippen LogP contribution in [0.25, 0.3) is 0 Å². The van der Waals surface area contributed by atoms with Crippen LogP contribution in [0.3, 0.4) is 0 Å². The van der Waals surface area contributed by atoms with Crippen molar-refractivity contribution in [2.45, 2.75) is 38.7 Å². The molecule has 3 rings (SSSR count). The predicted molar refractivity (Wildman–Crippen MR) is 75.8 cm³/mol. The van der Waals surface area contributed by atoms with Crippen LogP contribution in [0.4, 0.5) is 11.6 Å². The van der Waals surface area contributed by atoms with E-state index in [4.69, 9.17) is 9.72 Å². The van der Waals surface area contributed by atoms with Crippen LogP contribution in [0.1, 0.15) is 38.4 Å². The van der Waals surface area contributed by atoms with E-state index in [1.807, 2.05) is 0 Å². The lowest BCUT2D eigenvalue weighted by atomic mass is 10.3. The quantitative estimate of drug-likeness (QED) is 0.899. The molecule has 0 amide bonds. The van der Waals surface area contributed by atoms with Crippen LogP contribution in [0.2, 0.25) is 0 Å². The highest BCUT2D eigenvalue weighted by Crippen LogP contribution is 2.39. The maximum Gasteiger partial charge on any atom is 0.136 e. The van der Waals surface area contributed by atoms with Crippen LogP contribution in [0.5, 0.6) is 0 Å². The lowest BCUT2D eigenvalue weighted by molar-refractivity contribution is 0.0529. The molecule has 0 aromatic carbocycles. The van der Waals surface area contributed by atoms with Gasteiger partial charge >= 0.3 is 0 Å². The van der Waals surface area contributed by atoms with Crippen molar-refractivity contribution in [3.05, 3.63) is 11.9 Å². The van der Waals surface area contributed by atoms with Crippen molar-refractivity contribution in [1.82, 2.24) is 9.97 Å². The first-order valence-corrected chi connectivity index (χ1v) is 7.25. The van der Waals surface area contributed by atoms with Crippen molar-refractivity contribution in [3.8, 4) is 0 Å². The molecule has 104 valence electrons. The minimum Gasteiger partial charge on any atom is -0.375 e. The van der Waals surface area contributed by atoms with Gasteiger partial charge in [-0.15, -0.1) is 0 Å². The molecule has 0 radical (unpaired) electrons. The molecule has 1 aliphatic carbocycles. The Kier molecular flexibility index (Phi) is 3.55. The Balaban J connectivity index is 1.85. The summed E-state index contributed by atoms with van der Waals surface area (Å²) in [4.78, 5) is 11.7. The number of hydrogen-bond donors (Lipinski definition) is 1. The third kappa shape index (κ3) is 2.97. The minimum absolute atomic E-state index is 0.274. The van der Waals surface area contributed by atoms with Crippen LogP contribution >= 0.6 is 0 Å². The van der Waals surface area contributed by atoms with E-state index in [1.54, 1.807) is 0 Å². The van der Waals surface area contributed by atoms with E-state index in [2.05, 4.69) is 35.1 Å². The second-order valence-electron chi connectivity index (χ2n) is 5.40. The predicted octanol–water partition coefficient (Wildman–Crippen LogP) is 2.01. The molecule has 1 atom stereocenters. The first kappa shape index (κ1) is 12.7. The first-order valence-electron chi connectivity index (χ1n) is 7.25. The molecule has 0 bridgehead atoms. The summed E-state index contributed by atoms with van der Waals surface area (Å²) in [6.45, 7) is 7.69. The van der Waals surface area contributed by atoms with Gasteiger partial charge in [-0.3, -0.25) is 0 Å². The molecule has 19 heavy (non-hydrogen) atoms. The highest BCUT2D eigenvalue weighted by atomic mass is 16.5. The summed E-state index contributed by atoms with van der Waals surface area (Å²) in [5.74, 6) is 3.58. The van der Waals surface area contributed by atoms with E-state index in [-0.39, 0.29) is 6.10 Å². The van der Waals surface area contributed by atoms with E-state index in [1.165, 1.54) is 12.8 Å². The van der Waals surface area contributed by atoms with Gasteiger partial charge < -0.3 is 15.0 Å². The van der Waals surface area contributed by atoms with Crippen LogP contribution in [0, 0.1) is 0 Å². The number of ether oxygens (including phenoxy) is 1. The van der Waals surface area contributed by atoms with Crippen molar-refractivity contribution in [1.29, 1.82) is 0 Å². The van der Waals surface area contributed by atoms with Crippen LogP contribution in [0.15, 0.2) is 6.07 Å². The van der Waals surface area contributed by atoms with Gasteiger partial charge in [-0.25, -0.2) is 9.97 Å². The van der Waals surface area contributed by atoms with Gasteiger partial charge in [0.25, 0.3) is 0 Å². The van der Waals surface area contributed by atoms with Crippen LogP contribution in [-0.4, -0.2) is 42.3 Å². The molecule has 2 aliphatic rings. The van der Waals surface area contributed by atoms with Crippen molar-refractivity contribution in [3.63, 3.8) is 0 Å². The number of rotatable bonds is 4. The van der Waals surface area contributed by atoms with Crippen molar-refractivity contribution >= 4 is 11.6 Å². The summed E-state index contributed by atoms with van der Waals surface area (Å²) < 4.78 is 5.60. The Bertz CT molecular complexity index is 447. The lowest BCUT2D eigenvalue weighted by Gasteiger charge is -2.32. The molecular weight excluding hydrogens is 240 g/mol. The van der Waals surface area contributed by atoms with Crippen molar-refractivity contribution in [2.75, 3.05) is 36.5 Å². The average Bonchev–Trinajstić information content (AvgIpc) is 3.23. The molecule has 1 aliphatic heterocycles. The van der Waals surface area contributed by atoms with Gasteiger partial charge in [0.2, 0.25) is 0 Å². The highest BCUT2D eigenvalue weighted by Gasteiger charge is 2.28. The number of nitrogens with one attached hydrogen (secondary N) is 1. The smallest absolute Gasteiger partial charge is 0.136 e. The van der Waals surface area contributed by atoms with E-state index in [9.17, 15) is 0 Å². The molecular formula is C14H22N4O. The molecule has 1 saturated heterocycles. The fourth-order valence-corrected chi connectivity index (χ4v) is 2.44. The fraction of sp³-hybridized carbons (Fsp3) is 0.714. The van der Waals surface area contributed by atoms with Gasteiger partial charge in [0.15, 0.2) is 0 Å². The van der Waals surface area contributed by atoms with Gasteiger partial charge in [-0.1, -0.05) is 0 Å². The Morgan fingerprint density at radius 3 is 2.95 bits per heavy atom. The zero-order valence-corrected chi connectivity index (χ0v) is 11.7. The second kappa shape index (κ2) is 5.33. The number of morpholine rings is 1. The monoisotopic (exact) mass is 262 g/mol. The van der Waals surface area contributed by atoms with Gasteiger partial charge in [0.1, 0.15) is 17.5 Å². The van der Waals surface area contributed by atoms with E-state index in [0.717, 1.165) is 43.7 Å².